The minimum absolute atomic E-state index is 0.654. The molecule has 1 aliphatic rings. The molecule has 1 heterocycles. The highest BCUT2D eigenvalue weighted by Crippen LogP contribution is 2.39. The number of ether oxygens (including phenoxy) is 1. The Hall–Kier alpha value is -1.49. The molecule has 5 heteroatoms. The van der Waals surface area contributed by atoms with E-state index >= 15 is 0 Å². The molecule has 4 nitrogen and oxygen atoms in total. The van der Waals surface area contributed by atoms with Gasteiger partial charge in [-0.3, -0.25) is 0 Å². The third kappa shape index (κ3) is 3.79. The lowest BCUT2D eigenvalue weighted by Crippen LogP contribution is -2.00. The number of rotatable bonds is 7. The zero-order chi connectivity index (χ0) is 14.7. The van der Waals surface area contributed by atoms with E-state index in [9.17, 15) is 0 Å². The molecule has 0 aliphatic heterocycles. The molecule has 1 fully saturated rings. The van der Waals surface area contributed by atoms with Crippen LogP contribution >= 0.6 is 11.8 Å². The Morgan fingerprint density at radius 2 is 2.19 bits per heavy atom. The quantitative estimate of drug-likeness (QED) is 0.579. The van der Waals surface area contributed by atoms with Crippen LogP contribution in [-0.2, 0) is 7.05 Å². The van der Waals surface area contributed by atoms with Gasteiger partial charge in [0.25, 0.3) is 0 Å². The summed E-state index contributed by atoms with van der Waals surface area (Å²) in [5.41, 5.74) is 1.23. The molecular formula is C16H21N3OS. The third-order valence-electron chi connectivity index (χ3n) is 3.59. The molecule has 2 aromatic rings. The highest BCUT2D eigenvalue weighted by molar-refractivity contribution is 7.99. The van der Waals surface area contributed by atoms with Gasteiger partial charge in [0.1, 0.15) is 11.6 Å². The fourth-order valence-corrected chi connectivity index (χ4v) is 3.10. The first-order valence-corrected chi connectivity index (χ1v) is 8.44. The van der Waals surface area contributed by atoms with E-state index in [4.69, 9.17) is 4.74 Å². The Kier molecular flexibility index (Phi) is 4.48. The first-order chi connectivity index (χ1) is 10.2. The van der Waals surface area contributed by atoms with Crippen LogP contribution in [0.1, 0.15) is 36.6 Å². The molecule has 3 rings (SSSR count). The summed E-state index contributed by atoms with van der Waals surface area (Å²) in [5, 5.41) is 9.60. The number of aryl methyl sites for hydroxylation is 1. The van der Waals surface area contributed by atoms with Crippen molar-refractivity contribution >= 4 is 11.8 Å². The van der Waals surface area contributed by atoms with Gasteiger partial charge in [-0.15, -0.1) is 10.2 Å². The SMILES string of the molecule is Cc1cccc(OCCCSc2nnc(C3CC3)n2C)c1. The van der Waals surface area contributed by atoms with Crippen LogP contribution in [-0.4, -0.2) is 27.1 Å². The lowest BCUT2D eigenvalue weighted by molar-refractivity contribution is 0.318. The van der Waals surface area contributed by atoms with Gasteiger partial charge in [0, 0.05) is 18.7 Å². The molecule has 1 saturated carbocycles. The van der Waals surface area contributed by atoms with Crippen molar-refractivity contribution in [2.75, 3.05) is 12.4 Å². The predicted molar refractivity (Wildman–Crippen MR) is 85.0 cm³/mol. The molecule has 0 unspecified atom stereocenters. The van der Waals surface area contributed by atoms with Crippen LogP contribution in [0.5, 0.6) is 5.75 Å². The van der Waals surface area contributed by atoms with Gasteiger partial charge in [0.2, 0.25) is 0 Å². The van der Waals surface area contributed by atoms with Crippen LogP contribution in [0.25, 0.3) is 0 Å². The van der Waals surface area contributed by atoms with E-state index < -0.39 is 0 Å². The summed E-state index contributed by atoms with van der Waals surface area (Å²) >= 11 is 1.76. The Labute approximate surface area is 129 Å². The molecule has 0 N–H and O–H groups in total. The van der Waals surface area contributed by atoms with Crippen molar-refractivity contribution in [2.24, 2.45) is 7.05 Å². The van der Waals surface area contributed by atoms with Gasteiger partial charge < -0.3 is 9.30 Å². The summed E-state index contributed by atoms with van der Waals surface area (Å²) in [6.07, 6.45) is 3.53. The molecule has 21 heavy (non-hydrogen) atoms. The minimum atomic E-state index is 0.654. The van der Waals surface area contributed by atoms with Gasteiger partial charge in [-0.05, 0) is 43.9 Å². The summed E-state index contributed by atoms with van der Waals surface area (Å²) in [5.74, 6) is 3.76. The lowest BCUT2D eigenvalue weighted by atomic mass is 10.2. The van der Waals surface area contributed by atoms with Crippen molar-refractivity contribution in [3.8, 4) is 5.75 Å². The zero-order valence-corrected chi connectivity index (χ0v) is 13.4. The summed E-state index contributed by atoms with van der Waals surface area (Å²) < 4.78 is 7.89. The number of thioether (sulfide) groups is 1. The second kappa shape index (κ2) is 6.52. The van der Waals surface area contributed by atoms with Crippen LogP contribution in [0, 0.1) is 6.92 Å². The van der Waals surface area contributed by atoms with Crippen LogP contribution < -0.4 is 4.74 Å². The van der Waals surface area contributed by atoms with E-state index in [1.54, 1.807) is 11.8 Å². The Balaban J connectivity index is 1.40. The number of nitrogens with zero attached hydrogens (tertiary/aromatic N) is 3. The van der Waals surface area contributed by atoms with Crippen LogP contribution in [0.2, 0.25) is 0 Å². The van der Waals surface area contributed by atoms with E-state index in [1.165, 1.54) is 18.4 Å². The standard InChI is InChI=1S/C16H21N3OS/c1-12-5-3-6-14(11-12)20-9-4-10-21-16-18-17-15(19(16)2)13-7-8-13/h3,5-6,11,13H,4,7-10H2,1-2H3. The average molecular weight is 303 g/mol. The van der Waals surface area contributed by atoms with Crippen molar-refractivity contribution in [1.82, 2.24) is 14.8 Å². The van der Waals surface area contributed by atoms with Crippen molar-refractivity contribution in [1.29, 1.82) is 0 Å². The topological polar surface area (TPSA) is 39.9 Å². The molecular weight excluding hydrogens is 282 g/mol. The van der Waals surface area contributed by atoms with E-state index in [0.29, 0.717) is 5.92 Å². The highest BCUT2D eigenvalue weighted by atomic mass is 32.2. The van der Waals surface area contributed by atoms with Gasteiger partial charge in [0.05, 0.1) is 6.61 Å². The fraction of sp³-hybridized carbons (Fsp3) is 0.500. The molecule has 0 spiro atoms. The summed E-state index contributed by atoms with van der Waals surface area (Å²) in [6, 6.07) is 8.18. The van der Waals surface area contributed by atoms with E-state index in [1.807, 2.05) is 12.1 Å². The van der Waals surface area contributed by atoms with E-state index in [-0.39, 0.29) is 0 Å². The molecule has 1 aromatic heterocycles. The zero-order valence-electron chi connectivity index (χ0n) is 12.6. The summed E-state index contributed by atoms with van der Waals surface area (Å²) in [4.78, 5) is 0. The van der Waals surface area contributed by atoms with Crippen molar-refractivity contribution < 1.29 is 4.74 Å². The van der Waals surface area contributed by atoms with Crippen LogP contribution in [0.15, 0.2) is 29.4 Å². The summed E-state index contributed by atoms with van der Waals surface area (Å²) in [6.45, 7) is 2.82. The lowest BCUT2D eigenvalue weighted by Gasteiger charge is -2.06. The largest absolute Gasteiger partial charge is 0.494 e. The summed E-state index contributed by atoms with van der Waals surface area (Å²) in [7, 11) is 2.07. The van der Waals surface area contributed by atoms with Crippen molar-refractivity contribution in [2.45, 2.75) is 37.3 Å². The number of hydrogen-bond acceptors (Lipinski definition) is 4. The molecule has 0 saturated heterocycles. The molecule has 112 valence electrons. The predicted octanol–water partition coefficient (Wildman–Crippen LogP) is 3.56. The van der Waals surface area contributed by atoms with Gasteiger partial charge in [-0.2, -0.15) is 0 Å². The highest BCUT2D eigenvalue weighted by Gasteiger charge is 2.29. The maximum Gasteiger partial charge on any atom is 0.190 e. The second-order valence-electron chi connectivity index (χ2n) is 5.54. The first-order valence-electron chi connectivity index (χ1n) is 7.45. The van der Waals surface area contributed by atoms with E-state index in [2.05, 4.69) is 40.9 Å². The Morgan fingerprint density at radius 3 is 2.95 bits per heavy atom. The maximum atomic E-state index is 5.75. The second-order valence-corrected chi connectivity index (χ2v) is 6.60. The van der Waals surface area contributed by atoms with Gasteiger partial charge in [0.15, 0.2) is 5.16 Å². The molecule has 0 atom stereocenters. The average Bonchev–Trinajstić information content (AvgIpc) is 3.24. The first kappa shape index (κ1) is 14.4. The maximum absolute atomic E-state index is 5.75. The van der Waals surface area contributed by atoms with Crippen molar-refractivity contribution in [3.63, 3.8) is 0 Å². The molecule has 0 bridgehead atoms. The molecule has 0 radical (unpaired) electrons. The third-order valence-corrected chi connectivity index (χ3v) is 4.70. The van der Waals surface area contributed by atoms with Gasteiger partial charge >= 0.3 is 0 Å². The van der Waals surface area contributed by atoms with Gasteiger partial charge in [-0.25, -0.2) is 0 Å². The number of hydrogen-bond donors (Lipinski definition) is 0. The Morgan fingerprint density at radius 1 is 1.33 bits per heavy atom. The van der Waals surface area contributed by atoms with Gasteiger partial charge in [-0.1, -0.05) is 23.9 Å². The number of benzene rings is 1. The molecule has 1 aromatic carbocycles. The smallest absolute Gasteiger partial charge is 0.190 e. The fourth-order valence-electron chi connectivity index (χ4n) is 2.27. The normalized spacial score (nSPS) is 14.4. The molecule has 1 aliphatic carbocycles. The minimum Gasteiger partial charge on any atom is -0.494 e. The van der Waals surface area contributed by atoms with Crippen LogP contribution in [0.4, 0.5) is 0 Å². The van der Waals surface area contributed by atoms with Crippen molar-refractivity contribution in [3.05, 3.63) is 35.7 Å². The monoisotopic (exact) mass is 303 g/mol. The van der Waals surface area contributed by atoms with E-state index in [0.717, 1.165) is 35.5 Å². The Bertz CT molecular complexity index is 607. The number of aromatic nitrogens is 3. The van der Waals surface area contributed by atoms with Crippen LogP contribution in [0.3, 0.4) is 0 Å². The molecule has 0 amide bonds.